The SMILES string of the molecule is CN[C@@H](CCN=C(N)N)CC(=O)O.Cl. The van der Waals surface area contributed by atoms with Gasteiger partial charge in [0.1, 0.15) is 0 Å². The molecule has 0 radical (unpaired) electrons. The molecule has 0 saturated heterocycles. The predicted molar refractivity (Wildman–Crippen MR) is 57.6 cm³/mol. The average Bonchev–Trinajstić information content (AvgIpc) is 2.01. The fraction of sp³-hybridized carbons (Fsp3) is 0.714. The van der Waals surface area contributed by atoms with Crippen molar-refractivity contribution in [1.82, 2.24) is 5.32 Å². The molecule has 0 aromatic carbocycles. The zero-order valence-corrected chi connectivity index (χ0v) is 8.88. The van der Waals surface area contributed by atoms with Crippen molar-refractivity contribution in [2.75, 3.05) is 13.6 Å². The van der Waals surface area contributed by atoms with Gasteiger partial charge in [-0.3, -0.25) is 9.79 Å². The van der Waals surface area contributed by atoms with Crippen molar-refractivity contribution in [2.45, 2.75) is 18.9 Å². The van der Waals surface area contributed by atoms with E-state index in [0.29, 0.717) is 13.0 Å². The minimum absolute atomic E-state index is 0. The zero-order valence-electron chi connectivity index (χ0n) is 8.06. The van der Waals surface area contributed by atoms with E-state index in [1.54, 1.807) is 7.05 Å². The standard InChI is InChI=1S/C7H16N4O2.ClH/c1-10-5(4-6(12)13)2-3-11-7(8)9;/h5,10H,2-4H2,1H3,(H,12,13)(H4,8,9,11);1H/t5-;/m0./s1. The first-order valence-corrected chi connectivity index (χ1v) is 4.00. The van der Waals surface area contributed by atoms with Crippen LogP contribution in [0.25, 0.3) is 0 Å². The summed E-state index contributed by atoms with van der Waals surface area (Å²) in [6, 6.07) is -0.0828. The smallest absolute Gasteiger partial charge is 0.304 e. The predicted octanol–water partition coefficient (Wildman–Crippen LogP) is -0.866. The number of rotatable bonds is 6. The van der Waals surface area contributed by atoms with Gasteiger partial charge >= 0.3 is 5.97 Å². The number of aliphatic carboxylic acids is 1. The Morgan fingerprint density at radius 3 is 2.50 bits per heavy atom. The van der Waals surface area contributed by atoms with Crippen LogP contribution in [-0.4, -0.2) is 36.7 Å². The third kappa shape index (κ3) is 9.08. The number of nitrogens with two attached hydrogens (primary N) is 2. The van der Waals surface area contributed by atoms with Crippen molar-refractivity contribution in [2.24, 2.45) is 16.5 Å². The lowest BCUT2D eigenvalue weighted by Gasteiger charge is -2.11. The van der Waals surface area contributed by atoms with Gasteiger partial charge in [0.2, 0.25) is 0 Å². The maximum Gasteiger partial charge on any atom is 0.304 e. The van der Waals surface area contributed by atoms with Gasteiger partial charge in [-0.05, 0) is 13.5 Å². The summed E-state index contributed by atoms with van der Waals surface area (Å²) in [5, 5.41) is 11.4. The van der Waals surface area contributed by atoms with E-state index in [4.69, 9.17) is 16.6 Å². The summed E-state index contributed by atoms with van der Waals surface area (Å²) in [6.45, 7) is 0.446. The van der Waals surface area contributed by atoms with E-state index in [-0.39, 0.29) is 30.8 Å². The van der Waals surface area contributed by atoms with Crippen LogP contribution in [0.4, 0.5) is 0 Å². The Hall–Kier alpha value is -1.01. The number of halogens is 1. The minimum atomic E-state index is -0.830. The summed E-state index contributed by atoms with van der Waals surface area (Å²) in [6.07, 6.45) is 0.692. The van der Waals surface area contributed by atoms with Crippen molar-refractivity contribution in [3.8, 4) is 0 Å². The summed E-state index contributed by atoms with van der Waals surface area (Å²) < 4.78 is 0. The van der Waals surface area contributed by atoms with Crippen molar-refractivity contribution in [3.05, 3.63) is 0 Å². The van der Waals surface area contributed by atoms with Gasteiger partial charge in [0.05, 0.1) is 6.42 Å². The van der Waals surface area contributed by atoms with Gasteiger partial charge < -0.3 is 21.9 Å². The summed E-state index contributed by atoms with van der Waals surface area (Å²) in [7, 11) is 1.71. The third-order valence-electron chi connectivity index (χ3n) is 1.60. The van der Waals surface area contributed by atoms with Crippen LogP contribution in [0.5, 0.6) is 0 Å². The Labute approximate surface area is 89.2 Å². The summed E-state index contributed by atoms with van der Waals surface area (Å²) in [4.78, 5) is 14.1. The summed E-state index contributed by atoms with van der Waals surface area (Å²) in [5.41, 5.74) is 10.2. The Bertz CT molecular complexity index is 194. The molecule has 0 aromatic heterocycles. The number of nitrogens with one attached hydrogen (secondary N) is 1. The normalized spacial score (nSPS) is 11.2. The van der Waals surface area contributed by atoms with E-state index in [1.165, 1.54) is 0 Å². The molecule has 0 fully saturated rings. The van der Waals surface area contributed by atoms with Crippen molar-refractivity contribution in [3.63, 3.8) is 0 Å². The maximum atomic E-state index is 10.3. The van der Waals surface area contributed by atoms with E-state index in [2.05, 4.69) is 10.3 Å². The van der Waals surface area contributed by atoms with Crippen molar-refractivity contribution in [1.29, 1.82) is 0 Å². The Morgan fingerprint density at radius 2 is 2.14 bits per heavy atom. The Kier molecular flexibility index (Phi) is 9.48. The molecule has 0 rings (SSSR count). The lowest BCUT2D eigenvalue weighted by molar-refractivity contribution is -0.137. The number of nitrogens with zero attached hydrogens (tertiary/aromatic N) is 1. The van der Waals surface area contributed by atoms with E-state index in [1.807, 2.05) is 0 Å². The quantitative estimate of drug-likeness (QED) is 0.346. The first-order valence-electron chi connectivity index (χ1n) is 4.00. The van der Waals surface area contributed by atoms with Crippen LogP contribution < -0.4 is 16.8 Å². The van der Waals surface area contributed by atoms with Crippen molar-refractivity contribution < 1.29 is 9.90 Å². The lowest BCUT2D eigenvalue weighted by atomic mass is 10.1. The molecule has 1 atom stereocenters. The molecule has 0 bridgehead atoms. The molecule has 0 unspecified atom stereocenters. The highest BCUT2D eigenvalue weighted by Gasteiger charge is 2.09. The number of carbonyl (C=O) groups is 1. The first kappa shape index (κ1) is 15.5. The molecule has 6 nitrogen and oxygen atoms in total. The molecule has 7 heteroatoms. The molecule has 14 heavy (non-hydrogen) atoms. The van der Waals surface area contributed by atoms with E-state index in [9.17, 15) is 4.79 Å². The topological polar surface area (TPSA) is 114 Å². The Morgan fingerprint density at radius 1 is 1.57 bits per heavy atom. The van der Waals surface area contributed by atoms with E-state index < -0.39 is 5.97 Å². The van der Waals surface area contributed by atoms with E-state index in [0.717, 1.165) is 0 Å². The van der Waals surface area contributed by atoms with Gasteiger partial charge in [0.15, 0.2) is 5.96 Å². The summed E-state index contributed by atoms with van der Waals surface area (Å²) in [5.74, 6) is -0.797. The molecule has 0 spiro atoms. The van der Waals surface area contributed by atoms with Crippen LogP contribution in [0, 0.1) is 0 Å². The van der Waals surface area contributed by atoms with Crippen LogP contribution in [0.1, 0.15) is 12.8 Å². The number of aliphatic imine (C=N–C) groups is 1. The molecular formula is C7H17ClN4O2. The van der Waals surface area contributed by atoms with Gasteiger partial charge in [-0.15, -0.1) is 12.4 Å². The number of hydrogen-bond acceptors (Lipinski definition) is 3. The molecule has 84 valence electrons. The molecule has 6 N–H and O–H groups in total. The van der Waals surface area contributed by atoms with Crippen LogP contribution in [0.3, 0.4) is 0 Å². The average molecular weight is 225 g/mol. The van der Waals surface area contributed by atoms with Crippen molar-refractivity contribution >= 4 is 24.3 Å². The first-order chi connectivity index (χ1) is 6.06. The molecule has 0 aliphatic carbocycles. The number of guanidine groups is 1. The second-order valence-corrected chi connectivity index (χ2v) is 2.68. The van der Waals surface area contributed by atoms with Crippen LogP contribution in [-0.2, 0) is 4.79 Å². The van der Waals surface area contributed by atoms with Crippen LogP contribution >= 0.6 is 12.4 Å². The highest BCUT2D eigenvalue weighted by atomic mass is 35.5. The fourth-order valence-electron chi connectivity index (χ4n) is 0.909. The highest BCUT2D eigenvalue weighted by molar-refractivity contribution is 5.85. The highest BCUT2D eigenvalue weighted by Crippen LogP contribution is 1.97. The maximum absolute atomic E-state index is 10.3. The van der Waals surface area contributed by atoms with E-state index >= 15 is 0 Å². The monoisotopic (exact) mass is 224 g/mol. The zero-order chi connectivity index (χ0) is 10.3. The number of carboxylic acid groups (broad SMARTS) is 1. The van der Waals surface area contributed by atoms with Crippen LogP contribution in [0.15, 0.2) is 4.99 Å². The molecule has 0 heterocycles. The van der Waals surface area contributed by atoms with Gasteiger partial charge in [0, 0.05) is 12.6 Å². The number of carboxylic acids is 1. The Balaban J connectivity index is 0. The van der Waals surface area contributed by atoms with Gasteiger partial charge in [0.25, 0.3) is 0 Å². The molecule has 0 aliphatic heterocycles. The minimum Gasteiger partial charge on any atom is -0.481 e. The number of hydrogen-bond donors (Lipinski definition) is 4. The van der Waals surface area contributed by atoms with Crippen LogP contribution in [0.2, 0.25) is 0 Å². The second-order valence-electron chi connectivity index (χ2n) is 2.68. The lowest BCUT2D eigenvalue weighted by Crippen LogP contribution is -2.29. The summed E-state index contributed by atoms with van der Waals surface area (Å²) >= 11 is 0. The molecule has 0 saturated carbocycles. The van der Waals surface area contributed by atoms with Gasteiger partial charge in [-0.2, -0.15) is 0 Å². The largest absolute Gasteiger partial charge is 0.481 e. The molecule has 0 aliphatic rings. The molecular weight excluding hydrogens is 208 g/mol. The second kappa shape index (κ2) is 8.58. The van der Waals surface area contributed by atoms with Gasteiger partial charge in [-0.25, -0.2) is 0 Å². The molecule has 0 amide bonds. The van der Waals surface area contributed by atoms with Gasteiger partial charge in [-0.1, -0.05) is 0 Å². The molecule has 0 aromatic rings. The third-order valence-corrected chi connectivity index (χ3v) is 1.60. The fourth-order valence-corrected chi connectivity index (χ4v) is 0.909.